The van der Waals surface area contributed by atoms with Crippen LogP contribution in [0.1, 0.15) is 53.4 Å². The quantitative estimate of drug-likeness (QED) is 0.755. The molecule has 3 nitrogen and oxygen atoms in total. The van der Waals surface area contributed by atoms with Crippen molar-refractivity contribution in [3.63, 3.8) is 0 Å². The van der Waals surface area contributed by atoms with Crippen molar-refractivity contribution in [3.05, 3.63) is 0 Å². The highest BCUT2D eigenvalue weighted by Gasteiger charge is 2.43. The van der Waals surface area contributed by atoms with Crippen LogP contribution in [0.3, 0.4) is 0 Å². The monoisotopic (exact) mass is 273 g/mol. The Morgan fingerprint density at radius 1 is 1.50 bits per heavy atom. The topological polar surface area (TPSA) is 38.3 Å². The summed E-state index contributed by atoms with van der Waals surface area (Å²) in [6, 6.07) is 0. The van der Waals surface area contributed by atoms with Crippen molar-refractivity contribution in [1.29, 1.82) is 0 Å². The standard InChI is InChI=1S/C14H27NO2S/c1-5-15-14(13(16)17-6-2)9-7-8-12(10-14)18-11(3)4/h11-12,15H,5-10H2,1-4H3. The van der Waals surface area contributed by atoms with Gasteiger partial charge in [-0.2, -0.15) is 11.8 Å². The SMILES string of the molecule is CCNC1(C(=O)OCC)CCCC(SC(C)C)C1. The normalized spacial score (nSPS) is 28.4. The third-order valence-corrected chi connectivity index (χ3v) is 4.68. The van der Waals surface area contributed by atoms with Crippen molar-refractivity contribution >= 4 is 17.7 Å². The molecule has 0 aromatic rings. The summed E-state index contributed by atoms with van der Waals surface area (Å²) >= 11 is 1.99. The van der Waals surface area contributed by atoms with Gasteiger partial charge in [0.05, 0.1) is 6.61 Å². The summed E-state index contributed by atoms with van der Waals surface area (Å²) in [6.07, 6.45) is 4.14. The summed E-state index contributed by atoms with van der Waals surface area (Å²) in [7, 11) is 0. The Labute approximate surface area is 115 Å². The minimum atomic E-state index is -0.435. The van der Waals surface area contributed by atoms with Crippen molar-refractivity contribution in [2.45, 2.75) is 69.4 Å². The van der Waals surface area contributed by atoms with Gasteiger partial charge in [-0.25, -0.2) is 0 Å². The molecule has 0 saturated heterocycles. The average molecular weight is 273 g/mol. The van der Waals surface area contributed by atoms with E-state index >= 15 is 0 Å². The second-order valence-corrected chi connectivity index (χ2v) is 7.12. The van der Waals surface area contributed by atoms with Crippen LogP contribution in [-0.4, -0.2) is 35.2 Å². The minimum Gasteiger partial charge on any atom is -0.465 e. The fourth-order valence-electron chi connectivity index (χ4n) is 2.75. The second-order valence-electron chi connectivity index (χ2n) is 5.24. The molecule has 1 saturated carbocycles. The van der Waals surface area contributed by atoms with Crippen LogP contribution in [0.2, 0.25) is 0 Å². The largest absolute Gasteiger partial charge is 0.465 e. The molecule has 106 valence electrons. The molecule has 1 rings (SSSR count). The summed E-state index contributed by atoms with van der Waals surface area (Å²) in [4.78, 5) is 12.2. The van der Waals surface area contributed by atoms with Crippen molar-refractivity contribution in [2.75, 3.05) is 13.2 Å². The van der Waals surface area contributed by atoms with E-state index in [1.54, 1.807) is 0 Å². The van der Waals surface area contributed by atoms with Gasteiger partial charge in [-0.05, 0) is 44.4 Å². The Morgan fingerprint density at radius 3 is 2.78 bits per heavy atom. The predicted octanol–water partition coefficient (Wildman–Crippen LogP) is 2.98. The highest BCUT2D eigenvalue weighted by atomic mass is 32.2. The van der Waals surface area contributed by atoms with Gasteiger partial charge < -0.3 is 10.1 Å². The highest BCUT2D eigenvalue weighted by Crippen LogP contribution is 2.37. The maximum absolute atomic E-state index is 12.2. The summed E-state index contributed by atoms with van der Waals surface area (Å²) < 4.78 is 5.28. The number of thioether (sulfide) groups is 1. The van der Waals surface area contributed by atoms with Crippen molar-refractivity contribution < 1.29 is 9.53 Å². The van der Waals surface area contributed by atoms with Gasteiger partial charge in [-0.1, -0.05) is 20.8 Å². The average Bonchev–Trinajstić information content (AvgIpc) is 2.29. The predicted molar refractivity (Wildman–Crippen MR) is 78.0 cm³/mol. The fraction of sp³-hybridized carbons (Fsp3) is 0.929. The molecule has 1 fully saturated rings. The second kappa shape index (κ2) is 7.39. The van der Waals surface area contributed by atoms with Gasteiger partial charge >= 0.3 is 5.97 Å². The number of carbonyl (C=O) groups excluding carboxylic acids is 1. The van der Waals surface area contributed by atoms with Crippen LogP contribution in [-0.2, 0) is 9.53 Å². The molecule has 1 N–H and O–H groups in total. The first kappa shape index (κ1) is 15.8. The van der Waals surface area contributed by atoms with Gasteiger partial charge in [0.25, 0.3) is 0 Å². The number of nitrogens with one attached hydrogen (secondary N) is 1. The van der Waals surface area contributed by atoms with E-state index in [0.29, 0.717) is 17.1 Å². The van der Waals surface area contributed by atoms with Gasteiger partial charge in [0.1, 0.15) is 5.54 Å². The fourth-order valence-corrected chi connectivity index (χ4v) is 4.20. The third kappa shape index (κ3) is 4.16. The zero-order valence-corrected chi connectivity index (χ0v) is 12.9. The van der Waals surface area contributed by atoms with Gasteiger partial charge in [0.2, 0.25) is 0 Å². The van der Waals surface area contributed by atoms with Crippen LogP contribution in [0.5, 0.6) is 0 Å². The van der Waals surface area contributed by atoms with E-state index in [1.165, 1.54) is 6.42 Å². The molecule has 0 radical (unpaired) electrons. The molecule has 1 aliphatic carbocycles. The first-order chi connectivity index (χ1) is 8.54. The lowest BCUT2D eigenvalue weighted by atomic mass is 9.81. The van der Waals surface area contributed by atoms with Crippen molar-refractivity contribution in [1.82, 2.24) is 5.32 Å². The number of rotatable bonds is 6. The summed E-state index contributed by atoms with van der Waals surface area (Å²) in [5, 5.41) is 4.59. The summed E-state index contributed by atoms with van der Waals surface area (Å²) in [5.74, 6) is -0.0547. The van der Waals surface area contributed by atoms with E-state index in [2.05, 4.69) is 26.1 Å². The lowest BCUT2D eigenvalue weighted by Crippen LogP contribution is -2.56. The first-order valence-corrected chi connectivity index (χ1v) is 8.06. The lowest BCUT2D eigenvalue weighted by molar-refractivity contribution is -0.152. The van der Waals surface area contributed by atoms with Crippen LogP contribution in [0.15, 0.2) is 0 Å². The van der Waals surface area contributed by atoms with E-state index in [0.717, 1.165) is 25.8 Å². The molecule has 0 bridgehead atoms. The minimum absolute atomic E-state index is 0.0547. The number of esters is 1. The molecule has 0 amide bonds. The number of ether oxygens (including phenoxy) is 1. The van der Waals surface area contributed by atoms with E-state index in [9.17, 15) is 4.79 Å². The van der Waals surface area contributed by atoms with E-state index in [4.69, 9.17) is 4.74 Å². The first-order valence-electron chi connectivity index (χ1n) is 7.11. The van der Waals surface area contributed by atoms with E-state index < -0.39 is 5.54 Å². The van der Waals surface area contributed by atoms with Gasteiger partial charge in [0, 0.05) is 5.25 Å². The molecular formula is C14H27NO2S. The molecule has 0 aromatic heterocycles. The summed E-state index contributed by atoms with van der Waals surface area (Å²) in [5.41, 5.74) is -0.435. The number of hydrogen-bond donors (Lipinski definition) is 1. The molecule has 0 heterocycles. The Hall–Kier alpha value is -0.220. The van der Waals surface area contributed by atoms with E-state index in [-0.39, 0.29) is 5.97 Å². The molecule has 1 aliphatic rings. The number of carbonyl (C=O) groups is 1. The Kier molecular flexibility index (Phi) is 6.50. The van der Waals surface area contributed by atoms with Gasteiger partial charge in [-0.3, -0.25) is 4.79 Å². The van der Waals surface area contributed by atoms with Crippen LogP contribution in [0.4, 0.5) is 0 Å². The highest BCUT2D eigenvalue weighted by molar-refractivity contribution is 8.00. The molecule has 2 unspecified atom stereocenters. The van der Waals surface area contributed by atoms with Gasteiger partial charge in [0.15, 0.2) is 0 Å². The van der Waals surface area contributed by atoms with Crippen LogP contribution in [0, 0.1) is 0 Å². The van der Waals surface area contributed by atoms with Crippen LogP contribution < -0.4 is 5.32 Å². The maximum Gasteiger partial charge on any atom is 0.326 e. The Balaban J connectivity index is 2.73. The molecule has 0 aliphatic heterocycles. The molecular weight excluding hydrogens is 246 g/mol. The Bertz CT molecular complexity index is 267. The van der Waals surface area contributed by atoms with E-state index in [1.807, 2.05) is 18.7 Å². The zero-order chi connectivity index (χ0) is 13.6. The van der Waals surface area contributed by atoms with Crippen LogP contribution >= 0.6 is 11.8 Å². The zero-order valence-electron chi connectivity index (χ0n) is 12.1. The smallest absolute Gasteiger partial charge is 0.326 e. The van der Waals surface area contributed by atoms with Crippen molar-refractivity contribution in [3.8, 4) is 0 Å². The number of hydrogen-bond acceptors (Lipinski definition) is 4. The molecule has 2 atom stereocenters. The Morgan fingerprint density at radius 2 is 2.22 bits per heavy atom. The maximum atomic E-state index is 12.2. The molecule has 0 aromatic carbocycles. The third-order valence-electron chi connectivity index (χ3n) is 3.35. The summed E-state index contributed by atoms with van der Waals surface area (Å²) in [6.45, 7) is 9.66. The molecule has 18 heavy (non-hydrogen) atoms. The molecule has 0 spiro atoms. The lowest BCUT2D eigenvalue weighted by Gasteiger charge is -2.39. The van der Waals surface area contributed by atoms with Crippen LogP contribution in [0.25, 0.3) is 0 Å². The van der Waals surface area contributed by atoms with Gasteiger partial charge in [-0.15, -0.1) is 0 Å². The number of likely N-dealkylation sites (N-methyl/N-ethyl adjacent to an activating group) is 1. The van der Waals surface area contributed by atoms with Crippen molar-refractivity contribution in [2.24, 2.45) is 0 Å². The molecule has 4 heteroatoms.